The van der Waals surface area contributed by atoms with Gasteiger partial charge in [0.05, 0.1) is 0 Å². The molecular weight excluding hydrogens is 254 g/mol. The molecule has 0 aliphatic heterocycles. The van der Waals surface area contributed by atoms with Crippen molar-refractivity contribution >= 4 is 11.6 Å². The van der Waals surface area contributed by atoms with Crippen LogP contribution in [-0.4, -0.2) is 6.54 Å². The molecule has 2 rings (SSSR count). The third kappa shape index (κ3) is 4.09. The van der Waals surface area contributed by atoms with Gasteiger partial charge in [-0.2, -0.15) is 0 Å². The minimum Gasteiger partial charge on any atom is -0.310 e. The van der Waals surface area contributed by atoms with E-state index < -0.39 is 0 Å². The van der Waals surface area contributed by atoms with E-state index in [-0.39, 0.29) is 0 Å². The van der Waals surface area contributed by atoms with Crippen molar-refractivity contribution in [1.29, 1.82) is 0 Å². The maximum absolute atomic E-state index is 5.90. The quantitative estimate of drug-likeness (QED) is 0.826. The van der Waals surface area contributed by atoms with Gasteiger partial charge in [-0.05, 0) is 36.1 Å². The summed E-state index contributed by atoms with van der Waals surface area (Å²) >= 11 is 5.90. The van der Waals surface area contributed by atoms with Crippen LogP contribution in [0.5, 0.6) is 0 Å². The van der Waals surface area contributed by atoms with Crippen molar-refractivity contribution < 1.29 is 0 Å². The van der Waals surface area contributed by atoms with Crippen molar-refractivity contribution in [2.24, 2.45) is 0 Å². The Labute approximate surface area is 120 Å². The van der Waals surface area contributed by atoms with Gasteiger partial charge >= 0.3 is 0 Å². The van der Waals surface area contributed by atoms with Crippen molar-refractivity contribution in [3.05, 3.63) is 70.7 Å². The number of halogens is 1. The van der Waals surface area contributed by atoms with Crippen LogP contribution in [0.25, 0.3) is 0 Å². The van der Waals surface area contributed by atoms with E-state index in [1.165, 1.54) is 11.1 Å². The van der Waals surface area contributed by atoms with Crippen LogP contribution < -0.4 is 5.32 Å². The lowest BCUT2D eigenvalue weighted by atomic mass is 10.0. The highest BCUT2D eigenvalue weighted by Crippen LogP contribution is 2.18. The molecule has 100 valence electrons. The average Bonchev–Trinajstić information content (AvgIpc) is 2.46. The summed E-state index contributed by atoms with van der Waals surface area (Å²) < 4.78 is 0. The first kappa shape index (κ1) is 14.1. The molecule has 2 aromatic carbocycles. The molecule has 0 aliphatic carbocycles. The largest absolute Gasteiger partial charge is 0.310 e. The number of benzene rings is 2. The molecule has 2 heteroatoms. The fourth-order valence-electron chi connectivity index (χ4n) is 2.12. The van der Waals surface area contributed by atoms with Gasteiger partial charge in [-0.15, -0.1) is 0 Å². The van der Waals surface area contributed by atoms with Gasteiger partial charge in [0.15, 0.2) is 0 Å². The Kier molecular flexibility index (Phi) is 5.00. The summed E-state index contributed by atoms with van der Waals surface area (Å²) in [5.41, 5.74) is 2.64. The summed E-state index contributed by atoms with van der Waals surface area (Å²) in [7, 11) is 0. The first-order chi connectivity index (χ1) is 9.16. The van der Waals surface area contributed by atoms with Crippen LogP contribution in [0.4, 0.5) is 0 Å². The maximum Gasteiger partial charge on any atom is 0.0406 e. The summed E-state index contributed by atoms with van der Waals surface area (Å²) in [5, 5.41) is 4.36. The fraction of sp³-hybridized carbons (Fsp3) is 0.294. The lowest BCUT2D eigenvalue weighted by Gasteiger charge is -2.18. The smallest absolute Gasteiger partial charge is 0.0406 e. The Hall–Kier alpha value is -1.31. The molecule has 19 heavy (non-hydrogen) atoms. The standard InChI is InChI=1S/C17H20ClN/c1-13(15-6-4-3-5-7-15)12-19-14(2)16-8-10-17(18)11-9-16/h3-11,13-14,19H,12H2,1-2H3. The van der Waals surface area contributed by atoms with Gasteiger partial charge in [0.1, 0.15) is 0 Å². The first-order valence-electron chi connectivity index (χ1n) is 6.70. The molecule has 0 heterocycles. The summed E-state index contributed by atoms with van der Waals surface area (Å²) in [4.78, 5) is 0. The van der Waals surface area contributed by atoms with Crippen molar-refractivity contribution in [2.75, 3.05) is 6.54 Å². The van der Waals surface area contributed by atoms with Crippen LogP contribution in [-0.2, 0) is 0 Å². The summed E-state index contributed by atoms with van der Waals surface area (Å²) in [6.45, 7) is 5.39. The second-order valence-corrected chi connectivity index (χ2v) is 5.43. The van der Waals surface area contributed by atoms with E-state index in [1.54, 1.807) is 0 Å². The number of hydrogen-bond donors (Lipinski definition) is 1. The minimum absolute atomic E-state index is 0.337. The van der Waals surface area contributed by atoms with Gasteiger partial charge < -0.3 is 5.32 Å². The molecule has 0 amide bonds. The zero-order chi connectivity index (χ0) is 13.7. The first-order valence-corrected chi connectivity index (χ1v) is 7.08. The molecule has 0 aliphatic rings. The van der Waals surface area contributed by atoms with E-state index in [9.17, 15) is 0 Å². The maximum atomic E-state index is 5.90. The third-order valence-electron chi connectivity index (χ3n) is 3.47. The second kappa shape index (κ2) is 6.74. The zero-order valence-electron chi connectivity index (χ0n) is 11.4. The lowest BCUT2D eigenvalue weighted by Crippen LogP contribution is -2.23. The molecule has 0 saturated carbocycles. The van der Waals surface area contributed by atoms with Crippen molar-refractivity contribution in [2.45, 2.75) is 25.8 Å². The Balaban J connectivity index is 1.90. The van der Waals surface area contributed by atoms with E-state index in [1.807, 2.05) is 12.1 Å². The van der Waals surface area contributed by atoms with Gasteiger partial charge in [-0.1, -0.05) is 61.0 Å². The van der Waals surface area contributed by atoms with Crippen LogP contribution in [0.2, 0.25) is 5.02 Å². The topological polar surface area (TPSA) is 12.0 Å². The van der Waals surface area contributed by atoms with E-state index in [2.05, 4.69) is 61.6 Å². The van der Waals surface area contributed by atoms with E-state index in [0.29, 0.717) is 12.0 Å². The van der Waals surface area contributed by atoms with Crippen molar-refractivity contribution in [3.8, 4) is 0 Å². The highest BCUT2D eigenvalue weighted by atomic mass is 35.5. The van der Waals surface area contributed by atoms with Gasteiger partial charge in [-0.25, -0.2) is 0 Å². The Bertz CT molecular complexity index is 492. The highest BCUT2D eigenvalue weighted by Gasteiger charge is 2.08. The molecule has 2 atom stereocenters. The van der Waals surface area contributed by atoms with Gasteiger partial charge in [-0.3, -0.25) is 0 Å². The molecule has 0 saturated heterocycles. The summed E-state index contributed by atoms with van der Waals surface area (Å²) in [6.07, 6.45) is 0. The normalized spacial score (nSPS) is 14.1. The molecular formula is C17H20ClN. The zero-order valence-corrected chi connectivity index (χ0v) is 12.2. The molecule has 1 N–H and O–H groups in total. The molecule has 2 unspecified atom stereocenters. The average molecular weight is 274 g/mol. The van der Waals surface area contributed by atoms with Crippen LogP contribution in [0, 0.1) is 0 Å². The van der Waals surface area contributed by atoms with Gasteiger partial charge in [0.2, 0.25) is 0 Å². The molecule has 1 nitrogen and oxygen atoms in total. The molecule has 0 bridgehead atoms. The highest BCUT2D eigenvalue weighted by molar-refractivity contribution is 6.30. The third-order valence-corrected chi connectivity index (χ3v) is 3.72. The van der Waals surface area contributed by atoms with Crippen LogP contribution >= 0.6 is 11.6 Å². The SMILES string of the molecule is CC(CNC(C)c1ccc(Cl)cc1)c1ccccc1. The molecule has 0 fully saturated rings. The molecule has 0 radical (unpaired) electrons. The van der Waals surface area contributed by atoms with Gasteiger partial charge in [0, 0.05) is 17.6 Å². The Morgan fingerprint density at radius 2 is 1.53 bits per heavy atom. The van der Waals surface area contributed by atoms with E-state index in [0.717, 1.165) is 11.6 Å². The number of nitrogens with one attached hydrogen (secondary N) is 1. The van der Waals surface area contributed by atoms with Crippen LogP contribution in [0.1, 0.15) is 36.9 Å². The second-order valence-electron chi connectivity index (χ2n) is 4.99. The molecule has 0 spiro atoms. The fourth-order valence-corrected chi connectivity index (χ4v) is 2.25. The monoisotopic (exact) mass is 273 g/mol. The number of rotatable bonds is 5. The minimum atomic E-state index is 0.337. The Morgan fingerprint density at radius 3 is 2.16 bits per heavy atom. The van der Waals surface area contributed by atoms with Crippen molar-refractivity contribution in [3.63, 3.8) is 0 Å². The lowest BCUT2D eigenvalue weighted by molar-refractivity contribution is 0.537. The van der Waals surface area contributed by atoms with Crippen LogP contribution in [0.15, 0.2) is 54.6 Å². The molecule has 2 aromatic rings. The van der Waals surface area contributed by atoms with E-state index >= 15 is 0 Å². The predicted octanol–water partition coefficient (Wildman–Crippen LogP) is 4.79. The van der Waals surface area contributed by atoms with Gasteiger partial charge in [0.25, 0.3) is 0 Å². The predicted molar refractivity (Wildman–Crippen MR) is 82.7 cm³/mol. The summed E-state index contributed by atoms with van der Waals surface area (Å²) in [6, 6.07) is 19.0. The van der Waals surface area contributed by atoms with Crippen molar-refractivity contribution in [1.82, 2.24) is 5.32 Å². The van der Waals surface area contributed by atoms with Crippen LogP contribution in [0.3, 0.4) is 0 Å². The molecule has 0 aromatic heterocycles. The van der Waals surface area contributed by atoms with E-state index in [4.69, 9.17) is 11.6 Å². The number of hydrogen-bond acceptors (Lipinski definition) is 1. The summed E-state index contributed by atoms with van der Waals surface area (Å²) in [5.74, 6) is 0.510. The Morgan fingerprint density at radius 1 is 0.895 bits per heavy atom.